The maximum atomic E-state index is 4.35. The molecule has 0 atom stereocenters. The average molecular weight is 491 g/mol. The zero-order valence-corrected chi connectivity index (χ0v) is 24.9. The maximum absolute atomic E-state index is 4.35. The van der Waals surface area contributed by atoms with Crippen molar-refractivity contribution < 1.29 is 0 Å². The number of hydrogen-bond donors (Lipinski definition) is 0. The van der Waals surface area contributed by atoms with Gasteiger partial charge < -0.3 is 0 Å². The second-order valence-corrected chi connectivity index (χ2v) is 11.4. The summed E-state index contributed by atoms with van der Waals surface area (Å²) >= 11 is 0. The molecule has 0 aliphatic rings. The Morgan fingerprint density at radius 1 is 0.343 bits per heavy atom. The highest BCUT2D eigenvalue weighted by atomic mass is 14.5. The van der Waals surface area contributed by atoms with Gasteiger partial charge in [-0.15, -0.1) is 4.67 Å². The molecule has 1 nitrogen and oxygen atoms in total. The van der Waals surface area contributed by atoms with Crippen LogP contribution in [-0.2, 0) is 0 Å². The van der Waals surface area contributed by atoms with Crippen molar-refractivity contribution in [1.29, 1.82) is 0 Å². The van der Waals surface area contributed by atoms with Gasteiger partial charge in [-0.05, 0) is 12.8 Å². The van der Waals surface area contributed by atoms with Crippen LogP contribution in [0.25, 0.3) is 0 Å². The summed E-state index contributed by atoms with van der Waals surface area (Å²) in [5.74, 6) is 0. The van der Waals surface area contributed by atoms with Crippen molar-refractivity contribution in [3.63, 3.8) is 0 Å². The standard InChI is InChI=1S/C34H68N/c1-4-6-8-10-12-14-16-18-20-22-24-26-28-30-32-34(35-3)33-31-29-27-25-23-21-19-17-15-13-11-9-7-5-2/h3-33H2,1-2H3/q+1. The molecule has 0 N–H and O–H groups in total. The molecule has 35 heavy (non-hydrogen) atoms. The van der Waals surface area contributed by atoms with Crippen LogP contribution in [0.2, 0.25) is 0 Å². The smallest absolute Gasteiger partial charge is 0.111 e. The van der Waals surface area contributed by atoms with E-state index in [4.69, 9.17) is 0 Å². The van der Waals surface area contributed by atoms with Crippen LogP contribution >= 0.6 is 0 Å². The Kier molecular flexibility index (Phi) is 31.0. The van der Waals surface area contributed by atoms with E-state index in [0.29, 0.717) is 0 Å². The molecule has 0 aliphatic carbocycles. The molecule has 0 amide bonds. The van der Waals surface area contributed by atoms with Crippen LogP contribution in [0.15, 0.2) is 0 Å². The van der Waals surface area contributed by atoms with Gasteiger partial charge in [-0.2, -0.15) is 0 Å². The quantitative estimate of drug-likeness (QED) is 0.0540. The van der Waals surface area contributed by atoms with E-state index in [1.54, 1.807) is 0 Å². The Morgan fingerprint density at radius 2 is 0.543 bits per heavy atom. The van der Waals surface area contributed by atoms with Gasteiger partial charge in [0.15, 0.2) is 0 Å². The molecule has 0 aromatic carbocycles. The molecule has 0 bridgehead atoms. The van der Waals surface area contributed by atoms with Gasteiger partial charge in [0.2, 0.25) is 0 Å². The van der Waals surface area contributed by atoms with Gasteiger partial charge in [-0.1, -0.05) is 181 Å². The molecule has 0 radical (unpaired) electrons. The molecule has 0 saturated carbocycles. The summed E-state index contributed by atoms with van der Waals surface area (Å²) in [6.45, 7) is 8.44. The minimum atomic E-state index is 1.19. The lowest BCUT2D eigenvalue weighted by Crippen LogP contribution is -2.02. The zero-order chi connectivity index (χ0) is 25.5. The van der Waals surface area contributed by atoms with Gasteiger partial charge in [0, 0.05) is 12.8 Å². The summed E-state index contributed by atoms with van der Waals surface area (Å²) < 4.78 is 4.35. The van der Waals surface area contributed by atoms with E-state index in [1.165, 1.54) is 198 Å². The van der Waals surface area contributed by atoms with Crippen LogP contribution in [0.5, 0.6) is 0 Å². The zero-order valence-electron chi connectivity index (χ0n) is 24.9. The van der Waals surface area contributed by atoms with Crippen LogP contribution in [0.3, 0.4) is 0 Å². The Labute approximate surface area is 223 Å². The molecule has 208 valence electrons. The van der Waals surface area contributed by atoms with E-state index in [2.05, 4.69) is 25.2 Å². The van der Waals surface area contributed by atoms with Gasteiger partial charge in [-0.25, -0.2) is 0 Å². The number of rotatable bonds is 30. The van der Waals surface area contributed by atoms with E-state index in [0.717, 1.165) is 0 Å². The maximum Gasteiger partial charge on any atom is 0.279 e. The second-order valence-electron chi connectivity index (χ2n) is 11.4. The van der Waals surface area contributed by atoms with Crippen LogP contribution in [0.4, 0.5) is 0 Å². The molecule has 0 aromatic rings. The molecule has 0 aliphatic heterocycles. The molecule has 0 heterocycles. The molecular weight excluding hydrogens is 422 g/mol. The predicted octanol–water partition coefficient (Wildman–Crippen LogP) is 11.9. The predicted molar refractivity (Wildman–Crippen MR) is 164 cm³/mol. The van der Waals surface area contributed by atoms with E-state index < -0.39 is 0 Å². The van der Waals surface area contributed by atoms with Crippen LogP contribution in [-0.4, -0.2) is 12.4 Å². The third-order valence-corrected chi connectivity index (χ3v) is 7.86. The Balaban J connectivity index is 3.28. The third kappa shape index (κ3) is 29.6. The highest BCUT2D eigenvalue weighted by Crippen LogP contribution is 2.15. The van der Waals surface area contributed by atoms with Crippen LogP contribution in [0, 0.1) is 0 Å². The summed E-state index contributed by atoms with van der Waals surface area (Å²) in [7, 11) is 0. The monoisotopic (exact) mass is 491 g/mol. The first-order valence-electron chi connectivity index (χ1n) is 16.7. The lowest BCUT2D eigenvalue weighted by molar-refractivity contribution is 0.535. The number of hydrogen-bond acceptors (Lipinski definition) is 0. The lowest BCUT2D eigenvalue weighted by atomic mass is 10.0. The summed E-state index contributed by atoms with van der Waals surface area (Å²) in [6, 6.07) is 0. The average Bonchev–Trinajstić information content (AvgIpc) is 2.87. The topological polar surface area (TPSA) is 14.1 Å². The molecule has 0 rings (SSSR count). The molecule has 0 unspecified atom stereocenters. The fourth-order valence-electron chi connectivity index (χ4n) is 5.33. The summed E-state index contributed by atoms with van der Waals surface area (Å²) in [6.07, 6.45) is 42.5. The van der Waals surface area contributed by atoms with Crippen LogP contribution in [0.1, 0.15) is 206 Å². The molecule has 0 aromatic heterocycles. The summed E-state index contributed by atoms with van der Waals surface area (Å²) in [4.78, 5) is 0. The largest absolute Gasteiger partial charge is 0.279 e. The fourth-order valence-corrected chi connectivity index (χ4v) is 5.33. The van der Waals surface area contributed by atoms with Crippen molar-refractivity contribution in [3.05, 3.63) is 0 Å². The van der Waals surface area contributed by atoms with Gasteiger partial charge in [0.1, 0.15) is 0 Å². The molecule has 0 saturated heterocycles. The third-order valence-electron chi connectivity index (χ3n) is 7.86. The number of unbranched alkanes of at least 4 members (excludes halogenated alkanes) is 26. The van der Waals surface area contributed by atoms with Crippen molar-refractivity contribution in [3.8, 4) is 0 Å². The summed E-state index contributed by atoms with van der Waals surface area (Å²) in [5.41, 5.74) is 1.38. The lowest BCUT2D eigenvalue weighted by Gasteiger charge is -2.03. The summed E-state index contributed by atoms with van der Waals surface area (Å²) in [5, 5.41) is 0. The molecular formula is C34H68N+. The fraction of sp³-hybridized carbons (Fsp3) is 0.941. The van der Waals surface area contributed by atoms with Crippen molar-refractivity contribution in [2.24, 2.45) is 0 Å². The molecule has 1 heteroatoms. The highest BCUT2D eigenvalue weighted by molar-refractivity contribution is 5.84. The van der Waals surface area contributed by atoms with E-state index in [9.17, 15) is 0 Å². The Bertz CT molecular complexity index is 400. The minimum absolute atomic E-state index is 1.19. The van der Waals surface area contributed by atoms with Gasteiger partial charge in [0.25, 0.3) is 12.4 Å². The van der Waals surface area contributed by atoms with Crippen molar-refractivity contribution >= 4 is 12.4 Å². The Morgan fingerprint density at radius 3 is 0.743 bits per heavy atom. The van der Waals surface area contributed by atoms with Gasteiger partial charge in [-0.3, -0.25) is 0 Å². The first-order valence-corrected chi connectivity index (χ1v) is 16.7. The van der Waals surface area contributed by atoms with Crippen molar-refractivity contribution in [2.45, 2.75) is 206 Å². The SMILES string of the molecule is C=[N+]=C(CCCCCCCCCCCCCCCC)CCCCCCCCCCCCCCCC. The highest BCUT2D eigenvalue weighted by Gasteiger charge is 2.08. The molecule has 0 spiro atoms. The van der Waals surface area contributed by atoms with E-state index in [-0.39, 0.29) is 0 Å². The first-order chi connectivity index (χ1) is 17.3. The second kappa shape index (κ2) is 31.5. The van der Waals surface area contributed by atoms with E-state index >= 15 is 0 Å². The van der Waals surface area contributed by atoms with Crippen molar-refractivity contribution in [2.75, 3.05) is 0 Å². The first kappa shape index (κ1) is 34.5. The van der Waals surface area contributed by atoms with Gasteiger partial charge >= 0.3 is 0 Å². The minimum Gasteiger partial charge on any atom is -0.111 e. The Hall–Kier alpha value is -0.550. The van der Waals surface area contributed by atoms with Crippen molar-refractivity contribution in [1.82, 2.24) is 4.67 Å². The normalized spacial score (nSPS) is 11.1. The number of nitrogens with zero attached hydrogens (tertiary/aromatic N) is 1. The molecule has 0 fully saturated rings. The van der Waals surface area contributed by atoms with E-state index in [1.807, 2.05) is 0 Å². The van der Waals surface area contributed by atoms with Crippen LogP contribution < -0.4 is 4.67 Å². The van der Waals surface area contributed by atoms with Gasteiger partial charge in [0.05, 0.1) is 0 Å².